The summed E-state index contributed by atoms with van der Waals surface area (Å²) in [6.45, 7) is 1.94. The van der Waals surface area contributed by atoms with Crippen LogP contribution in [0, 0.1) is 0 Å². The molecule has 0 aliphatic carbocycles. The first-order valence-corrected chi connectivity index (χ1v) is 9.05. The highest BCUT2D eigenvalue weighted by molar-refractivity contribution is 7.98. The molecule has 0 bridgehead atoms. The molecule has 7 heteroatoms. The second kappa shape index (κ2) is 9.68. The molecule has 1 aromatic heterocycles. The summed E-state index contributed by atoms with van der Waals surface area (Å²) in [5.74, 6) is 0.567. The van der Waals surface area contributed by atoms with Crippen LogP contribution >= 0.6 is 11.8 Å². The Morgan fingerprint density at radius 1 is 1.24 bits per heavy atom. The molecule has 1 aromatic carbocycles. The SMILES string of the molecule is CCCC(NC(N)=O)C(=O)Nc1ccc(SCc2cccnc2)cc1. The molecule has 3 amide bonds. The Bertz CT molecular complexity index is 692. The number of carbonyl (C=O) groups excluding carboxylic acids is 2. The van der Waals surface area contributed by atoms with Gasteiger partial charge in [0.05, 0.1) is 0 Å². The third-order valence-corrected chi connectivity index (χ3v) is 4.54. The van der Waals surface area contributed by atoms with Gasteiger partial charge in [0.2, 0.25) is 5.91 Å². The van der Waals surface area contributed by atoms with Gasteiger partial charge in [0.1, 0.15) is 6.04 Å². The van der Waals surface area contributed by atoms with Crippen molar-refractivity contribution >= 4 is 29.4 Å². The van der Waals surface area contributed by atoms with E-state index in [9.17, 15) is 9.59 Å². The van der Waals surface area contributed by atoms with E-state index >= 15 is 0 Å². The third kappa shape index (κ3) is 6.46. The number of urea groups is 1. The van der Waals surface area contributed by atoms with Crippen molar-refractivity contribution in [3.8, 4) is 0 Å². The number of nitrogens with zero attached hydrogens (tertiary/aromatic N) is 1. The predicted octanol–water partition coefficient (Wildman–Crippen LogP) is 3.15. The average molecular weight is 358 g/mol. The Morgan fingerprint density at radius 2 is 2.00 bits per heavy atom. The molecule has 1 atom stereocenters. The fourth-order valence-corrected chi connectivity index (χ4v) is 3.08. The van der Waals surface area contributed by atoms with Crippen LogP contribution in [-0.2, 0) is 10.5 Å². The Labute approximate surface area is 151 Å². The fraction of sp³-hybridized carbons (Fsp3) is 0.278. The van der Waals surface area contributed by atoms with Gasteiger partial charge in [0.25, 0.3) is 0 Å². The summed E-state index contributed by atoms with van der Waals surface area (Å²) in [7, 11) is 0. The largest absolute Gasteiger partial charge is 0.352 e. The summed E-state index contributed by atoms with van der Waals surface area (Å²) in [6, 6.07) is 10.2. The molecule has 25 heavy (non-hydrogen) atoms. The van der Waals surface area contributed by atoms with E-state index in [1.165, 1.54) is 0 Å². The van der Waals surface area contributed by atoms with Crippen molar-refractivity contribution in [2.75, 3.05) is 5.32 Å². The number of pyridine rings is 1. The van der Waals surface area contributed by atoms with Crippen LogP contribution in [0.4, 0.5) is 10.5 Å². The lowest BCUT2D eigenvalue weighted by Gasteiger charge is -2.16. The van der Waals surface area contributed by atoms with Gasteiger partial charge in [0, 0.05) is 28.7 Å². The lowest BCUT2D eigenvalue weighted by Crippen LogP contribution is -2.46. The zero-order chi connectivity index (χ0) is 18.1. The van der Waals surface area contributed by atoms with Crippen LogP contribution in [0.5, 0.6) is 0 Å². The first-order chi connectivity index (χ1) is 12.1. The number of anilines is 1. The van der Waals surface area contributed by atoms with Gasteiger partial charge in [-0.15, -0.1) is 11.8 Å². The van der Waals surface area contributed by atoms with Crippen molar-refractivity contribution in [2.24, 2.45) is 5.73 Å². The molecule has 2 aromatic rings. The smallest absolute Gasteiger partial charge is 0.312 e. The highest BCUT2D eigenvalue weighted by atomic mass is 32.2. The average Bonchev–Trinajstić information content (AvgIpc) is 2.61. The molecular formula is C18H22N4O2S. The zero-order valence-electron chi connectivity index (χ0n) is 14.1. The number of hydrogen-bond donors (Lipinski definition) is 3. The second-order valence-electron chi connectivity index (χ2n) is 5.51. The summed E-state index contributed by atoms with van der Waals surface area (Å²) in [6.07, 6.45) is 4.90. The normalized spacial score (nSPS) is 11.6. The topological polar surface area (TPSA) is 97.1 Å². The molecule has 0 aliphatic heterocycles. The standard InChI is InChI=1S/C18H22N4O2S/c1-2-4-16(22-18(19)24)17(23)21-14-6-8-15(9-7-14)25-12-13-5-3-10-20-11-13/h3,5-11,16H,2,4,12H2,1H3,(H,21,23)(H3,19,22,24). The predicted molar refractivity (Wildman–Crippen MR) is 100 cm³/mol. The van der Waals surface area contributed by atoms with Crippen molar-refractivity contribution in [3.05, 3.63) is 54.4 Å². The molecule has 0 fully saturated rings. The summed E-state index contributed by atoms with van der Waals surface area (Å²) in [5, 5.41) is 5.27. The molecule has 0 spiro atoms. The quantitative estimate of drug-likeness (QED) is 0.632. The number of rotatable bonds is 8. The van der Waals surface area contributed by atoms with Gasteiger partial charge in [-0.2, -0.15) is 0 Å². The van der Waals surface area contributed by atoms with Crippen LogP contribution in [0.1, 0.15) is 25.3 Å². The third-order valence-electron chi connectivity index (χ3n) is 3.46. The number of nitrogens with one attached hydrogen (secondary N) is 2. The lowest BCUT2D eigenvalue weighted by molar-refractivity contribution is -0.118. The van der Waals surface area contributed by atoms with Crippen molar-refractivity contribution in [2.45, 2.75) is 36.5 Å². The van der Waals surface area contributed by atoms with Crippen molar-refractivity contribution in [1.29, 1.82) is 0 Å². The zero-order valence-corrected chi connectivity index (χ0v) is 14.9. The minimum atomic E-state index is -0.698. The Hall–Kier alpha value is -2.54. The van der Waals surface area contributed by atoms with Gasteiger partial charge in [-0.1, -0.05) is 19.4 Å². The summed E-state index contributed by atoms with van der Waals surface area (Å²) >= 11 is 1.70. The van der Waals surface area contributed by atoms with Crippen LogP contribution in [0.2, 0.25) is 0 Å². The maximum atomic E-state index is 12.2. The van der Waals surface area contributed by atoms with Gasteiger partial charge in [-0.05, 0) is 42.3 Å². The maximum absolute atomic E-state index is 12.2. The van der Waals surface area contributed by atoms with Crippen LogP contribution in [-0.4, -0.2) is 23.0 Å². The number of thioether (sulfide) groups is 1. The Balaban J connectivity index is 1.90. The number of nitrogens with two attached hydrogens (primary N) is 1. The Kier molecular flexibility index (Phi) is 7.28. The van der Waals surface area contributed by atoms with Gasteiger partial charge in [0.15, 0.2) is 0 Å². The molecule has 6 nitrogen and oxygen atoms in total. The van der Waals surface area contributed by atoms with E-state index in [0.717, 1.165) is 22.6 Å². The molecule has 0 aliphatic rings. The van der Waals surface area contributed by atoms with Gasteiger partial charge >= 0.3 is 6.03 Å². The number of benzene rings is 1. The van der Waals surface area contributed by atoms with Crippen molar-refractivity contribution in [1.82, 2.24) is 10.3 Å². The highest BCUT2D eigenvalue weighted by Gasteiger charge is 2.18. The molecule has 2 rings (SSSR count). The van der Waals surface area contributed by atoms with Gasteiger partial charge in [-0.25, -0.2) is 4.79 Å². The van der Waals surface area contributed by atoms with Gasteiger partial charge in [-0.3, -0.25) is 9.78 Å². The van der Waals surface area contributed by atoms with Crippen molar-refractivity contribution < 1.29 is 9.59 Å². The van der Waals surface area contributed by atoms with E-state index in [4.69, 9.17) is 5.73 Å². The number of aromatic nitrogens is 1. The molecule has 1 unspecified atom stereocenters. The van der Waals surface area contributed by atoms with Crippen LogP contribution < -0.4 is 16.4 Å². The lowest BCUT2D eigenvalue weighted by atomic mass is 10.1. The number of primary amides is 1. The summed E-state index contributed by atoms with van der Waals surface area (Å²) < 4.78 is 0. The van der Waals surface area contributed by atoms with E-state index in [-0.39, 0.29) is 5.91 Å². The van der Waals surface area contributed by atoms with E-state index in [2.05, 4.69) is 15.6 Å². The molecule has 4 N–H and O–H groups in total. The summed E-state index contributed by atoms with van der Waals surface area (Å²) in [5.41, 5.74) is 6.96. The van der Waals surface area contributed by atoms with Crippen molar-refractivity contribution in [3.63, 3.8) is 0 Å². The fourth-order valence-electron chi connectivity index (χ4n) is 2.24. The van der Waals surface area contributed by atoms with E-state index in [1.54, 1.807) is 18.0 Å². The second-order valence-corrected chi connectivity index (χ2v) is 6.56. The first-order valence-electron chi connectivity index (χ1n) is 8.07. The van der Waals surface area contributed by atoms with Gasteiger partial charge < -0.3 is 16.4 Å². The van der Waals surface area contributed by atoms with Crippen LogP contribution in [0.3, 0.4) is 0 Å². The summed E-state index contributed by atoms with van der Waals surface area (Å²) in [4.78, 5) is 28.4. The molecule has 1 heterocycles. The Morgan fingerprint density at radius 3 is 2.60 bits per heavy atom. The monoisotopic (exact) mass is 358 g/mol. The molecular weight excluding hydrogens is 336 g/mol. The highest BCUT2D eigenvalue weighted by Crippen LogP contribution is 2.24. The number of amides is 3. The van der Waals surface area contributed by atoms with E-state index in [1.807, 2.05) is 49.5 Å². The van der Waals surface area contributed by atoms with E-state index in [0.29, 0.717) is 12.1 Å². The molecule has 0 radical (unpaired) electrons. The van der Waals surface area contributed by atoms with E-state index < -0.39 is 12.1 Å². The number of hydrogen-bond acceptors (Lipinski definition) is 4. The minimum Gasteiger partial charge on any atom is -0.352 e. The van der Waals surface area contributed by atoms with Crippen LogP contribution in [0.15, 0.2) is 53.7 Å². The maximum Gasteiger partial charge on any atom is 0.312 e. The number of carbonyl (C=O) groups is 2. The van der Waals surface area contributed by atoms with Crippen LogP contribution in [0.25, 0.3) is 0 Å². The molecule has 0 saturated heterocycles. The first kappa shape index (κ1) is 18.8. The molecule has 0 saturated carbocycles. The minimum absolute atomic E-state index is 0.267. The molecule has 132 valence electrons.